The summed E-state index contributed by atoms with van der Waals surface area (Å²) in [6, 6.07) is 18.8. The molecule has 2 nitrogen and oxygen atoms in total. The Morgan fingerprint density at radius 2 is 1.29 bits per heavy atom. The van der Waals surface area contributed by atoms with Gasteiger partial charge in [-0.25, -0.2) is 0 Å². The van der Waals surface area contributed by atoms with Crippen LogP contribution in [0.1, 0.15) is 25.0 Å². The van der Waals surface area contributed by atoms with Crippen LogP contribution in [0.3, 0.4) is 0 Å². The molecule has 0 aliphatic rings. The third kappa shape index (κ3) is 4.97. The van der Waals surface area contributed by atoms with E-state index in [2.05, 4.69) is 48.6 Å². The van der Waals surface area contributed by atoms with Crippen molar-refractivity contribution in [2.75, 3.05) is 13.2 Å². The zero-order valence-electron chi connectivity index (χ0n) is 12.7. The molecule has 3 heteroatoms. The van der Waals surface area contributed by atoms with Crippen molar-refractivity contribution in [3.05, 3.63) is 65.7 Å². The summed E-state index contributed by atoms with van der Waals surface area (Å²) in [5.41, 5.74) is 2.39. The van der Waals surface area contributed by atoms with E-state index in [0.29, 0.717) is 13.2 Å². The minimum atomic E-state index is -1.72. The molecular formula is C18H22O2Si. The van der Waals surface area contributed by atoms with Gasteiger partial charge < -0.3 is 8.85 Å². The van der Waals surface area contributed by atoms with Crippen LogP contribution in [0.5, 0.6) is 0 Å². The summed E-state index contributed by atoms with van der Waals surface area (Å²) >= 11 is 0. The van der Waals surface area contributed by atoms with Gasteiger partial charge in [-0.15, -0.1) is 0 Å². The van der Waals surface area contributed by atoms with E-state index in [-0.39, 0.29) is 0 Å². The van der Waals surface area contributed by atoms with Gasteiger partial charge in [0.05, 0.1) is 0 Å². The second-order valence-corrected chi connectivity index (χ2v) is 6.65. The summed E-state index contributed by atoms with van der Waals surface area (Å²) in [6.45, 7) is 5.42. The normalized spacial score (nSPS) is 11.4. The van der Waals surface area contributed by atoms with E-state index in [1.165, 1.54) is 16.3 Å². The number of hydrogen-bond donors (Lipinski definition) is 0. The van der Waals surface area contributed by atoms with Crippen molar-refractivity contribution < 1.29 is 8.85 Å². The SMILES string of the molecule is CCO[SiH](OCC)c1ccc(C=Cc2ccccc2)cc1. The fourth-order valence-electron chi connectivity index (χ4n) is 2.06. The van der Waals surface area contributed by atoms with Gasteiger partial charge in [0.1, 0.15) is 0 Å². The van der Waals surface area contributed by atoms with Crippen LogP contribution < -0.4 is 5.19 Å². The molecule has 0 aliphatic carbocycles. The molecule has 110 valence electrons. The lowest BCUT2D eigenvalue weighted by molar-refractivity contribution is 0.225. The largest absolute Gasteiger partial charge is 0.394 e. The summed E-state index contributed by atoms with van der Waals surface area (Å²) in [4.78, 5) is 0. The van der Waals surface area contributed by atoms with E-state index < -0.39 is 9.28 Å². The Bertz CT molecular complexity index is 543. The fourth-order valence-corrected chi connectivity index (χ4v) is 3.66. The highest BCUT2D eigenvalue weighted by molar-refractivity contribution is 6.61. The number of benzene rings is 2. The van der Waals surface area contributed by atoms with E-state index in [9.17, 15) is 0 Å². The molecule has 21 heavy (non-hydrogen) atoms. The zero-order chi connectivity index (χ0) is 14.9. The predicted molar refractivity (Wildman–Crippen MR) is 91.8 cm³/mol. The molecule has 0 aliphatic heterocycles. The molecule has 0 spiro atoms. The minimum Gasteiger partial charge on any atom is -0.394 e. The lowest BCUT2D eigenvalue weighted by Crippen LogP contribution is -2.36. The van der Waals surface area contributed by atoms with Crippen molar-refractivity contribution in [3.8, 4) is 0 Å². The van der Waals surface area contributed by atoms with Crippen molar-refractivity contribution in [2.45, 2.75) is 13.8 Å². The molecule has 0 fully saturated rings. The monoisotopic (exact) mass is 298 g/mol. The van der Waals surface area contributed by atoms with Crippen molar-refractivity contribution >= 4 is 26.6 Å². The maximum atomic E-state index is 5.74. The fraction of sp³-hybridized carbons (Fsp3) is 0.222. The molecule has 0 unspecified atom stereocenters. The van der Waals surface area contributed by atoms with Gasteiger partial charge in [-0.3, -0.25) is 0 Å². The van der Waals surface area contributed by atoms with Crippen LogP contribution in [0, 0.1) is 0 Å². The first kappa shape index (κ1) is 15.7. The lowest BCUT2D eigenvalue weighted by atomic mass is 10.1. The van der Waals surface area contributed by atoms with Crippen LogP contribution in [0.4, 0.5) is 0 Å². The van der Waals surface area contributed by atoms with Crippen LogP contribution in [0.25, 0.3) is 12.2 Å². The highest BCUT2D eigenvalue weighted by Gasteiger charge is 2.14. The first-order chi connectivity index (χ1) is 10.3. The van der Waals surface area contributed by atoms with Crippen LogP contribution >= 0.6 is 0 Å². The molecule has 0 atom stereocenters. The summed E-state index contributed by atoms with van der Waals surface area (Å²) < 4.78 is 11.5. The molecule has 0 aromatic heterocycles. The Morgan fingerprint density at radius 3 is 1.81 bits per heavy atom. The minimum absolute atomic E-state index is 0.701. The average molecular weight is 298 g/mol. The Hall–Kier alpha value is -1.68. The van der Waals surface area contributed by atoms with Crippen molar-refractivity contribution in [3.63, 3.8) is 0 Å². The summed E-state index contributed by atoms with van der Waals surface area (Å²) in [5, 5.41) is 1.19. The van der Waals surface area contributed by atoms with Crippen molar-refractivity contribution in [1.29, 1.82) is 0 Å². The molecule has 0 radical (unpaired) electrons. The van der Waals surface area contributed by atoms with E-state index in [4.69, 9.17) is 8.85 Å². The van der Waals surface area contributed by atoms with E-state index in [1.807, 2.05) is 32.0 Å². The van der Waals surface area contributed by atoms with Crippen LogP contribution in [0.15, 0.2) is 54.6 Å². The van der Waals surface area contributed by atoms with Gasteiger partial charge in [0.15, 0.2) is 0 Å². The molecule has 2 aromatic carbocycles. The van der Waals surface area contributed by atoms with Crippen LogP contribution in [0.2, 0.25) is 0 Å². The van der Waals surface area contributed by atoms with Gasteiger partial charge in [-0.05, 0) is 30.2 Å². The Labute approximate surface area is 128 Å². The van der Waals surface area contributed by atoms with E-state index >= 15 is 0 Å². The van der Waals surface area contributed by atoms with Crippen molar-refractivity contribution in [1.82, 2.24) is 0 Å². The molecule has 0 amide bonds. The molecule has 0 heterocycles. The smallest absolute Gasteiger partial charge is 0.355 e. The predicted octanol–water partition coefficient (Wildman–Crippen LogP) is 3.36. The average Bonchev–Trinajstić information content (AvgIpc) is 2.54. The molecule has 2 aromatic rings. The van der Waals surface area contributed by atoms with Gasteiger partial charge in [0, 0.05) is 13.2 Å². The van der Waals surface area contributed by atoms with Gasteiger partial charge >= 0.3 is 9.28 Å². The highest BCUT2D eigenvalue weighted by atomic mass is 28.3. The van der Waals surface area contributed by atoms with Crippen LogP contribution in [-0.4, -0.2) is 22.5 Å². The molecular weight excluding hydrogens is 276 g/mol. The van der Waals surface area contributed by atoms with E-state index in [0.717, 1.165) is 0 Å². The molecule has 2 rings (SSSR count). The van der Waals surface area contributed by atoms with Crippen molar-refractivity contribution in [2.24, 2.45) is 0 Å². The maximum Gasteiger partial charge on any atom is 0.355 e. The molecule has 0 bridgehead atoms. The van der Waals surface area contributed by atoms with Gasteiger partial charge in [0.2, 0.25) is 0 Å². The zero-order valence-corrected chi connectivity index (χ0v) is 13.8. The van der Waals surface area contributed by atoms with Gasteiger partial charge in [-0.1, -0.05) is 66.7 Å². The highest BCUT2D eigenvalue weighted by Crippen LogP contribution is 2.07. The first-order valence-electron chi connectivity index (χ1n) is 7.39. The summed E-state index contributed by atoms with van der Waals surface area (Å²) in [6.07, 6.45) is 4.24. The molecule has 0 saturated carbocycles. The van der Waals surface area contributed by atoms with Crippen LogP contribution in [-0.2, 0) is 8.85 Å². The standard InChI is InChI=1S/C18H22O2Si/c1-3-19-21(20-4-2)18-14-12-17(13-15-18)11-10-16-8-6-5-7-9-16/h5-15,21H,3-4H2,1-2H3. The second-order valence-electron chi connectivity index (χ2n) is 4.65. The third-order valence-corrected chi connectivity index (χ3v) is 5.31. The summed E-state index contributed by atoms with van der Waals surface area (Å²) in [5.74, 6) is 0. The van der Waals surface area contributed by atoms with Gasteiger partial charge in [0.25, 0.3) is 0 Å². The lowest BCUT2D eigenvalue weighted by Gasteiger charge is -2.14. The summed E-state index contributed by atoms with van der Waals surface area (Å²) in [7, 11) is -1.72. The Balaban J connectivity index is 2.06. The molecule has 0 saturated heterocycles. The Kier molecular flexibility index (Phi) is 6.41. The molecule has 0 N–H and O–H groups in total. The first-order valence-corrected chi connectivity index (χ1v) is 8.91. The Morgan fingerprint density at radius 1 is 0.762 bits per heavy atom. The van der Waals surface area contributed by atoms with E-state index in [1.54, 1.807) is 0 Å². The third-order valence-electron chi connectivity index (χ3n) is 3.11. The second kappa shape index (κ2) is 8.57. The number of hydrogen-bond acceptors (Lipinski definition) is 2. The number of rotatable bonds is 7. The topological polar surface area (TPSA) is 18.5 Å². The quantitative estimate of drug-likeness (QED) is 0.576. The maximum absolute atomic E-state index is 5.74. The van der Waals surface area contributed by atoms with Gasteiger partial charge in [-0.2, -0.15) is 0 Å².